The maximum atomic E-state index is 13.9. The highest BCUT2D eigenvalue weighted by atomic mass is 19.1. The molecule has 170 valence electrons. The number of halogens is 2. The van der Waals surface area contributed by atoms with Gasteiger partial charge in [0.1, 0.15) is 18.5 Å². The Morgan fingerprint density at radius 3 is 2.21 bits per heavy atom. The van der Waals surface area contributed by atoms with Gasteiger partial charge in [-0.05, 0) is 28.3 Å². The van der Waals surface area contributed by atoms with Crippen LogP contribution in [0.4, 0.5) is 13.6 Å². The first kappa shape index (κ1) is 22.3. The molecule has 1 aliphatic rings. The van der Waals surface area contributed by atoms with E-state index in [1.54, 1.807) is 0 Å². The zero-order chi connectivity index (χ0) is 23.5. The number of fused-ring (bicyclic) bond motifs is 3. The van der Waals surface area contributed by atoms with E-state index in [4.69, 9.17) is 9.47 Å². The van der Waals surface area contributed by atoms with Crippen LogP contribution >= 0.6 is 0 Å². The van der Waals surface area contributed by atoms with E-state index in [-0.39, 0.29) is 23.8 Å². The molecule has 8 heteroatoms. The molecule has 0 saturated carbocycles. The number of carboxylic acids is 1. The minimum Gasteiger partial charge on any atom is -0.493 e. The molecule has 6 nitrogen and oxygen atoms in total. The van der Waals surface area contributed by atoms with Gasteiger partial charge >= 0.3 is 12.1 Å². The molecule has 1 amide bonds. The number of methoxy groups -OCH3 is 1. The summed E-state index contributed by atoms with van der Waals surface area (Å²) in [5.41, 5.74) is 4.13. The summed E-state index contributed by atoms with van der Waals surface area (Å²) in [6.45, 7) is 0.00408. The third-order valence-corrected chi connectivity index (χ3v) is 5.65. The number of amides is 1. The van der Waals surface area contributed by atoms with Gasteiger partial charge in [0.2, 0.25) is 0 Å². The number of ether oxygens (including phenoxy) is 2. The summed E-state index contributed by atoms with van der Waals surface area (Å²) in [6, 6.07) is 15.7. The second kappa shape index (κ2) is 9.28. The van der Waals surface area contributed by atoms with Crippen molar-refractivity contribution in [2.75, 3.05) is 13.7 Å². The number of hydrogen-bond donors (Lipinski definition) is 2. The Hall–Kier alpha value is -3.94. The van der Waals surface area contributed by atoms with Crippen LogP contribution < -0.4 is 10.1 Å². The lowest BCUT2D eigenvalue weighted by Gasteiger charge is -2.18. The molecular formula is C25H21F2NO5. The predicted molar refractivity (Wildman–Crippen MR) is 116 cm³/mol. The number of nitrogens with one attached hydrogen (secondary N) is 1. The highest BCUT2D eigenvalue weighted by Crippen LogP contribution is 2.44. The fourth-order valence-corrected chi connectivity index (χ4v) is 4.20. The standard InChI is InChI=1S/C25H21F2NO5/c1-32-23-14(10-15(26)12-21(23)27)11-22(24(29)30)28-25(31)33-13-20-18-8-4-2-6-16(18)17-7-3-5-9-19(17)20/h2-10,12,20,22H,11,13H2,1H3,(H,28,31)(H,29,30). The van der Waals surface area contributed by atoms with Crippen LogP contribution in [0.1, 0.15) is 22.6 Å². The Kier molecular flexibility index (Phi) is 6.26. The van der Waals surface area contributed by atoms with Crippen molar-refractivity contribution in [3.8, 4) is 16.9 Å². The molecule has 0 saturated heterocycles. The molecular weight excluding hydrogens is 432 g/mol. The predicted octanol–water partition coefficient (Wildman–Crippen LogP) is 4.51. The van der Waals surface area contributed by atoms with Crippen LogP contribution in [-0.4, -0.2) is 36.9 Å². The minimum absolute atomic E-state index is 0.00408. The number of rotatable bonds is 7. The quantitative estimate of drug-likeness (QED) is 0.550. The fourth-order valence-electron chi connectivity index (χ4n) is 4.20. The van der Waals surface area contributed by atoms with Gasteiger partial charge in [0.05, 0.1) is 7.11 Å². The molecule has 0 bridgehead atoms. The average molecular weight is 453 g/mol. The zero-order valence-corrected chi connectivity index (χ0v) is 17.7. The van der Waals surface area contributed by atoms with Gasteiger partial charge in [0, 0.05) is 24.0 Å². The topological polar surface area (TPSA) is 84.9 Å². The monoisotopic (exact) mass is 453 g/mol. The van der Waals surface area contributed by atoms with E-state index in [0.717, 1.165) is 28.3 Å². The zero-order valence-electron chi connectivity index (χ0n) is 17.7. The number of carboxylic acid groups (broad SMARTS) is 1. The number of benzene rings is 3. The highest BCUT2D eigenvalue weighted by molar-refractivity contribution is 5.81. The van der Waals surface area contributed by atoms with Gasteiger partial charge in [-0.1, -0.05) is 48.5 Å². The van der Waals surface area contributed by atoms with Gasteiger partial charge < -0.3 is 19.9 Å². The maximum absolute atomic E-state index is 13.9. The number of carbonyl (C=O) groups is 2. The molecule has 0 aromatic heterocycles. The van der Waals surface area contributed by atoms with Crippen molar-refractivity contribution < 1.29 is 33.0 Å². The molecule has 1 atom stereocenters. The lowest BCUT2D eigenvalue weighted by Crippen LogP contribution is -2.43. The van der Waals surface area contributed by atoms with Crippen LogP contribution in [0.25, 0.3) is 11.1 Å². The average Bonchev–Trinajstić information content (AvgIpc) is 3.11. The lowest BCUT2D eigenvalue weighted by atomic mass is 9.98. The van der Waals surface area contributed by atoms with Crippen molar-refractivity contribution in [1.29, 1.82) is 0 Å². The number of alkyl carbamates (subject to hydrolysis) is 1. The molecule has 1 aliphatic carbocycles. The fraction of sp³-hybridized carbons (Fsp3) is 0.200. The molecule has 0 radical (unpaired) electrons. The summed E-state index contributed by atoms with van der Waals surface area (Å²) in [5, 5.41) is 11.8. The van der Waals surface area contributed by atoms with Crippen molar-refractivity contribution in [3.05, 3.63) is 89.0 Å². The second-order valence-corrected chi connectivity index (χ2v) is 7.64. The normalized spacial score (nSPS) is 13.1. The van der Waals surface area contributed by atoms with Crippen molar-refractivity contribution in [2.24, 2.45) is 0 Å². The van der Waals surface area contributed by atoms with E-state index in [9.17, 15) is 23.5 Å². The van der Waals surface area contributed by atoms with Crippen LogP contribution in [0.15, 0.2) is 60.7 Å². The summed E-state index contributed by atoms with van der Waals surface area (Å²) in [5.74, 6) is -3.69. The van der Waals surface area contributed by atoms with Crippen LogP contribution in [0.2, 0.25) is 0 Å². The van der Waals surface area contributed by atoms with Gasteiger partial charge in [0.15, 0.2) is 11.6 Å². The molecule has 0 spiro atoms. The molecule has 4 rings (SSSR count). The summed E-state index contributed by atoms with van der Waals surface area (Å²) >= 11 is 0. The van der Waals surface area contributed by atoms with Crippen LogP contribution in [-0.2, 0) is 16.0 Å². The number of carbonyl (C=O) groups excluding carboxylic acids is 1. The van der Waals surface area contributed by atoms with Gasteiger partial charge in [-0.2, -0.15) is 0 Å². The smallest absolute Gasteiger partial charge is 0.407 e. The van der Waals surface area contributed by atoms with Gasteiger partial charge in [0.25, 0.3) is 0 Å². The largest absolute Gasteiger partial charge is 0.493 e. The lowest BCUT2D eigenvalue weighted by molar-refractivity contribution is -0.139. The summed E-state index contributed by atoms with van der Waals surface area (Å²) < 4.78 is 37.9. The Morgan fingerprint density at radius 1 is 1.03 bits per heavy atom. The van der Waals surface area contributed by atoms with Crippen molar-refractivity contribution in [2.45, 2.75) is 18.4 Å². The Morgan fingerprint density at radius 2 is 1.64 bits per heavy atom. The van der Waals surface area contributed by atoms with Crippen molar-refractivity contribution in [1.82, 2.24) is 5.32 Å². The summed E-state index contributed by atoms with van der Waals surface area (Å²) in [7, 11) is 1.19. The van der Waals surface area contributed by atoms with Crippen molar-refractivity contribution in [3.63, 3.8) is 0 Å². The molecule has 33 heavy (non-hydrogen) atoms. The molecule has 0 aliphatic heterocycles. The van der Waals surface area contributed by atoms with Gasteiger partial charge in [-0.25, -0.2) is 18.4 Å². The Bertz CT molecular complexity index is 1170. The number of aliphatic carboxylic acids is 1. The highest BCUT2D eigenvalue weighted by Gasteiger charge is 2.30. The second-order valence-electron chi connectivity index (χ2n) is 7.64. The van der Waals surface area contributed by atoms with E-state index >= 15 is 0 Å². The van der Waals surface area contributed by atoms with Gasteiger partial charge in [-0.3, -0.25) is 0 Å². The molecule has 0 fully saturated rings. The molecule has 3 aromatic carbocycles. The van der Waals surface area contributed by atoms with Crippen LogP contribution in [0.3, 0.4) is 0 Å². The van der Waals surface area contributed by atoms with E-state index in [1.165, 1.54) is 7.11 Å². The number of hydrogen-bond acceptors (Lipinski definition) is 4. The minimum atomic E-state index is -1.48. The van der Waals surface area contributed by atoms with E-state index < -0.39 is 36.2 Å². The molecule has 3 aromatic rings. The SMILES string of the molecule is COc1c(F)cc(F)cc1CC(NC(=O)OCC1c2ccccc2-c2ccccc21)C(=O)O. The molecule has 1 unspecified atom stereocenters. The Labute approximate surface area is 188 Å². The van der Waals surface area contributed by atoms with Crippen LogP contribution in [0.5, 0.6) is 5.75 Å². The third kappa shape index (κ3) is 4.50. The van der Waals surface area contributed by atoms with E-state index in [1.807, 2.05) is 48.5 Å². The summed E-state index contributed by atoms with van der Waals surface area (Å²) in [6.07, 6.45) is -1.34. The first-order valence-corrected chi connectivity index (χ1v) is 10.2. The molecule has 0 heterocycles. The maximum Gasteiger partial charge on any atom is 0.407 e. The first-order valence-electron chi connectivity index (χ1n) is 10.2. The summed E-state index contributed by atoms with van der Waals surface area (Å²) in [4.78, 5) is 24.1. The van der Waals surface area contributed by atoms with Gasteiger partial charge in [-0.15, -0.1) is 0 Å². The van der Waals surface area contributed by atoms with Crippen molar-refractivity contribution >= 4 is 12.1 Å². The third-order valence-electron chi connectivity index (χ3n) is 5.65. The van der Waals surface area contributed by atoms with E-state index in [0.29, 0.717) is 6.07 Å². The van der Waals surface area contributed by atoms with E-state index in [2.05, 4.69) is 5.32 Å². The Balaban J connectivity index is 1.47. The molecule has 2 N–H and O–H groups in total. The van der Waals surface area contributed by atoms with Crippen LogP contribution in [0, 0.1) is 11.6 Å². The first-order chi connectivity index (χ1) is 15.9.